The first-order valence-corrected chi connectivity index (χ1v) is 9.42. The van der Waals surface area contributed by atoms with Crippen LogP contribution in [-0.2, 0) is 9.59 Å². The zero-order valence-corrected chi connectivity index (χ0v) is 14.7. The molecule has 0 spiro atoms. The molecule has 0 bridgehead atoms. The monoisotopic (exact) mass is 314 g/mol. The Bertz CT molecular complexity index is 356. The van der Waals surface area contributed by atoms with Crippen molar-refractivity contribution in [2.24, 2.45) is 0 Å². The highest BCUT2D eigenvalue weighted by atomic mass is 32.2. The van der Waals surface area contributed by atoms with E-state index in [1.54, 1.807) is 0 Å². The normalized spacial score (nSPS) is 21.5. The number of thioether (sulfide) groups is 1. The lowest BCUT2D eigenvalue weighted by Gasteiger charge is -2.45. The number of piperazine rings is 1. The van der Waals surface area contributed by atoms with E-state index in [-0.39, 0.29) is 17.9 Å². The Balaban J connectivity index is 2.87. The van der Waals surface area contributed by atoms with Crippen molar-refractivity contribution in [3.05, 3.63) is 0 Å². The number of amides is 2. The van der Waals surface area contributed by atoms with Gasteiger partial charge in [-0.05, 0) is 37.2 Å². The van der Waals surface area contributed by atoms with Crippen LogP contribution in [0, 0.1) is 0 Å². The number of nitrogens with zero attached hydrogens (tertiary/aromatic N) is 1. The van der Waals surface area contributed by atoms with Crippen LogP contribution in [0.5, 0.6) is 0 Å². The maximum Gasteiger partial charge on any atom is 0.248 e. The molecular weight excluding hydrogens is 284 g/mol. The molecule has 1 saturated heterocycles. The molecule has 1 heterocycles. The molecule has 0 aromatic heterocycles. The van der Waals surface area contributed by atoms with Gasteiger partial charge in [0.05, 0.1) is 0 Å². The fourth-order valence-electron chi connectivity index (χ4n) is 2.96. The first kappa shape index (κ1) is 18.3. The standard InChI is InChI=1S/C16H30N2O2S/c1-5-10-13-14(19)17-16(6-2,7-3)15(20)18(13)11-9-12-21-8-4/h13H,5-12H2,1-4H3,(H,17,19). The van der Waals surface area contributed by atoms with Crippen LogP contribution in [0.1, 0.15) is 59.8 Å². The topological polar surface area (TPSA) is 49.4 Å². The third kappa shape index (κ3) is 4.15. The SMILES string of the molecule is CCCC1C(=O)NC(CC)(CC)C(=O)N1CCCSCC. The maximum absolute atomic E-state index is 12.9. The van der Waals surface area contributed by atoms with E-state index in [4.69, 9.17) is 0 Å². The second kappa shape index (κ2) is 8.66. The van der Waals surface area contributed by atoms with Crippen molar-refractivity contribution in [3.63, 3.8) is 0 Å². The number of rotatable bonds is 9. The quantitative estimate of drug-likeness (QED) is 0.666. The number of hydrogen-bond acceptors (Lipinski definition) is 3. The van der Waals surface area contributed by atoms with E-state index in [1.807, 2.05) is 30.5 Å². The van der Waals surface area contributed by atoms with Crippen LogP contribution in [0.2, 0.25) is 0 Å². The molecule has 1 unspecified atom stereocenters. The summed E-state index contributed by atoms with van der Waals surface area (Å²) in [4.78, 5) is 27.2. The van der Waals surface area contributed by atoms with Crippen molar-refractivity contribution >= 4 is 23.6 Å². The second-order valence-corrected chi connectivity index (χ2v) is 7.03. The van der Waals surface area contributed by atoms with Crippen molar-refractivity contribution in [1.29, 1.82) is 0 Å². The Hall–Kier alpha value is -0.710. The van der Waals surface area contributed by atoms with E-state index in [9.17, 15) is 9.59 Å². The van der Waals surface area contributed by atoms with Crippen LogP contribution < -0.4 is 5.32 Å². The van der Waals surface area contributed by atoms with Gasteiger partial charge in [0.2, 0.25) is 11.8 Å². The van der Waals surface area contributed by atoms with Gasteiger partial charge in [-0.3, -0.25) is 9.59 Å². The zero-order chi connectivity index (χ0) is 15.9. The predicted octanol–water partition coefficient (Wildman–Crippen LogP) is 2.82. The Labute approximate surface area is 133 Å². The molecule has 1 N–H and O–H groups in total. The smallest absolute Gasteiger partial charge is 0.248 e. The summed E-state index contributed by atoms with van der Waals surface area (Å²) in [5.41, 5.74) is -0.681. The van der Waals surface area contributed by atoms with Crippen LogP contribution in [0.3, 0.4) is 0 Å². The average Bonchev–Trinajstić information content (AvgIpc) is 2.49. The summed E-state index contributed by atoms with van der Waals surface area (Å²) in [7, 11) is 0. The van der Waals surface area contributed by atoms with Crippen LogP contribution in [0.4, 0.5) is 0 Å². The van der Waals surface area contributed by atoms with Crippen LogP contribution >= 0.6 is 11.8 Å². The van der Waals surface area contributed by atoms with E-state index in [0.717, 1.165) is 30.8 Å². The summed E-state index contributed by atoms with van der Waals surface area (Å²) in [5, 5.41) is 3.01. The lowest BCUT2D eigenvalue weighted by atomic mass is 9.86. The number of carbonyl (C=O) groups is 2. The van der Waals surface area contributed by atoms with E-state index >= 15 is 0 Å². The van der Waals surface area contributed by atoms with Gasteiger partial charge < -0.3 is 10.2 Å². The summed E-state index contributed by atoms with van der Waals surface area (Å²) in [6, 6.07) is -0.277. The molecule has 0 saturated carbocycles. The number of carbonyl (C=O) groups excluding carboxylic acids is 2. The average molecular weight is 314 g/mol. The molecule has 1 fully saturated rings. The van der Waals surface area contributed by atoms with Gasteiger partial charge in [-0.1, -0.05) is 34.1 Å². The minimum atomic E-state index is -0.681. The molecule has 1 rings (SSSR count). The van der Waals surface area contributed by atoms with Gasteiger partial charge >= 0.3 is 0 Å². The molecule has 0 radical (unpaired) electrons. The van der Waals surface area contributed by atoms with Crippen molar-refractivity contribution < 1.29 is 9.59 Å². The number of nitrogens with one attached hydrogen (secondary N) is 1. The predicted molar refractivity (Wildman–Crippen MR) is 89.5 cm³/mol. The number of hydrogen-bond donors (Lipinski definition) is 1. The molecule has 1 atom stereocenters. The van der Waals surface area contributed by atoms with E-state index in [2.05, 4.69) is 19.2 Å². The lowest BCUT2D eigenvalue weighted by Crippen LogP contribution is -2.70. The summed E-state index contributed by atoms with van der Waals surface area (Å²) in [5.74, 6) is 2.29. The summed E-state index contributed by atoms with van der Waals surface area (Å²) >= 11 is 1.89. The Morgan fingerprint density at radius 2 is 1.86 bits per heavy atom. The second-order valence-electron chi connectivity index (χ2n) is 5.63. The van der Waals surface area contributed by atoms with Gasteiger partial charge in [0.25, 0.3) is 0 Å². The Morgan fingerprint density at radius 1 is 1.19 bits per heavy atom. The molecule has 5 heteroatoms. The van der Waals surface area contributed by atoms with Gasteiger partial charge in [-0.2, -0.15) is 11.8 Å². The van der Waals surface area contributed by atoms with E-state index < -0.39 is 5.54 Å². The van der Waals surface area contributed by atoms with Crippen LogP contribution in [0.25, 0.3) is 0 Å². The minimum Gasteiger partial charge on any atom is -0.340 e. The van der Waals surface area contributed by atoms with Gasteiger partial charge in [-0.15, -0.1) is 0 Å². The molecule has 122 valence electrons. The molecule has 2 amide bonds. The van der Waals surface area contributed by atoms with Gasteiger partial charge in [-0.25, -0.2) is 0 Å². The van der Waals surface area contributed by atoms with Gasteiger partial charge in [0.1, 0.15) is 11.6 Å². The van der Waals surface area contributed by atoms with Crippen molar-refractivity contribution in [2.75, 3.05) is 18.1 Å². The molecule has 0 aliphatic carbocycles. The largest absolute Gasteiger partial charge is 0.340 e. The molecule has 4 nitrogen and oxygen atoms in total. The summed E-state index contributed by atoms with van der Waals surface area (Å²) in [6.07, 6.45) is 3.94. The summed E-state index contributed by atoms with van der Waals surface area (Å²) < 4.78 is 0. The fourth-order valence-corrected chi connectivity index (χ4v) is 3.58. The molecule has 1 aliphatic heterocycles. The highest BCUT2D eigenvalue weighted by Gasteiger charge is 2.48. The van der Waals surface area contributed by atoms with Gasteiger partial charge in [0.15, 0.2) is 0 Å². The zero-order valence-electron chi connectivity index (χ0n) is 13.9. The van der Waals surface area contributed by atoms with Crippen molar-refractivity contribution in [1.82, 2.24) is 10.2 Å². The first-order valence-electron chi connectivity index (χ1n) is 8.27. The minimum absolute atomic E-state index is 0.0308. The molecule has 21 heavy (non-hydrogen) atoms. The van der Waals surface area contributed by atoms with Crippen molar-refractivity contribution in [3.8, 4) is 0 Å². The highest BCUT2D eigenvalue weighted by Crippen LogP contribution is 2.27. The van der Waals surface area contributed by atoms with Crippen LogP contribution in [0.15, 0.2) is 0 Å². The first-order chi connectivity index (χ1) is 10.1. The van der Waals surface area contributed by atoms with Gasteiger partial charge in [0, 0.05) is 6.54 Å². The molecule has 0 aromatic carbocycles. The van der Waals surface area contributed by atoms with E-state index in [1.165, 1.54) is 0 Å². The van der Waals surface area contributed by atoms with Crippen LogP contribution in [-0.4, -0.2) is 46.3 Å². The third-order valence-corrected chi connectivity index (χ3v) is 5.36. The fraction of sp³-hybridized carbons (Fsp3) is 0.875. The maximum atomic E-state index is 12.9. The molecule has 0 aromatic rings. The third-order valence-electron chi connectivity index (χ3n) is 4.37. The van der Waals surface area contributed by atoms with E-state index in [0.29, 0.717) is 19.4 Å². The van der Waals surface area contributed by atoms with Crippen molar-refractivity contribution in [2.45, 2.75) is 71.4 Å². The Kier molecular flexibility index (Phi) is 7.57. The molecule has 1 aliphatic rings. The Morgan fingerprint density at radius 3 is 2.38 bits per heavy atom. The molecular formula is C16H30N2O2S. The summed E-state index contributed by atoms with van der Waals surface area (Å²) in [6.45, 7) is 8.86. The highest BCUT2D eigenvalue weighted by molar-refractivity contribution is 7.99. The lowest BCUT2D eigenvalue weighted by molar-refractivity contribution is -0.155.